The molecule has 0 bridgehead atoms. The Morgan fingerprint density at radius 2 is 1.90 bits per heavy atom. The van der Waals surface area contributed by atoms with Crippen LogP contribution in [-0.2, 0) is 4.79 Å². The lowest BCUT2D eigenvalue weighted by Crippen LogP contribution is -2.29. The number of benzene rings is 1. The van der Waals surface area contributed by atoms with Crippen LogP contribution in [0.3, 0.4) is 0 Å². The van der Waals surface area contributed by atoms with Gasteiger partial charge >= 0.3 is 0 Å². The summed E-state index contributed by atoms with van der Waals surface area (Å²) in [6.45, 7) is 1.43. The number of nitrogens with one attached hydrogen (secondary N) is 1. The molecule has 1 aromatic carbocycles. The van der Waals surface area contributed by atoms with E-state index in [9.17, 15) is 14.7 Å². The summed E-state index contributed by atoms with van der Waals surface area (Å²) in [5, 5.41) is 22.9. The van der Waals surface area contributed by atoms with Crippen LogP contribution in [0.4, 0.5) is 5.82 Å². The number of aromatic nitrogens is 2. The number of nitrogens with zero attached hydrogens (tertiary/aromatic N) is 2. The molecule has 0 aliphatic carbocycles. The van der Waals surface area contributed by atoms with Crippen LogP contribution in [0.2, 0.25) is 15.1 Å². The number of para-hydroxylation sites is 1. The van der Waals surface area contributed by atoms with Crippen molar-refractivity contribution in [3.63, 3.8) is 0 Å². The lowest BCUT2D eigenvalue weighted by molar-refractivity contribution is -0.126. The standard InChI is InChI=1S/C21H20Cl3N3O4/c1-11-8-16(30)18-20(27(11)19-12(22)4-2-5-13(19)23)14(24)9-25-21(18)26-10-17(31)15(29)6-3-7-28/h2,4-5,8-9,17,28,31H,3,6-7,10H2,1H3,(H,25,26). The molecule has 0 radical (unpaired) electrons. The highest BCUT2D eigenvalue weighted by Gasteiger charge is 2.21. The van der Waals surface area contributed by atoms with Crippen LogP contribution in [-0.4, -0.2) is 44.8 Å². The van der Waals surface area contributed by atoms with Crippen molar-refractivity contribution in [2.24, 2.45) is 0 Å². The van der Waals surface area contributed by atoms with E-state index in [2.05, 4.69) is 10.3 Å². The monoisotopic (exact) mass is 483 g/mol. The number of fused-ring (bicyclic) bond motifs is 1. The summed E-state index contributed by atoms with van der Waals surface area (Å²) in [5.74, 6) is -0.258. The second-order valence-corrected chi connectivity index (χ2v) is 8.15. The van der Waals surface area contributed by atoms with Gasteiger partial charge in [0.1, 0.15) is 11.9 Å². The van der Waals surface area contributed by atoms with Crippen LogP contribution in [0.25, 0.3) is 16.6 Å². The third-order valence-electron chi connectivity index (χ3n) is 4.75. The largest absolute Gasteiger partial charge is 0.396 e. The fourth-order valence-corrected chi connectivity index (χ4v) is 4.08. The molecule has 7 nitrogen and oxygen atoms in total. The van der Waals surface area contributed by atoms with Crippen LogP contribution in [0.5, 0.6) is 0 Å². The minimum atomic E-state index is -1.32. The van der Waals surface area contributed by atoms with Crippen molar-refractivity contribution in [2.75, 3.05) is 18.5 Å². The molecule has 0 fully saturated rings. The summed E-state index contributed by atoms with van der Waals surface area (Å²) >= 11 is 19.2. The van der Waals surface area contributed by atoms with Gasteiger partial charge in [0.05, 0.1) is 37.9 Å². The number of ketones is 1. The smallest absolute Gasteiger partial charge is 0.193 e. The molecule has 2 aromatic heterocycles. The molecule has 164 valence electrons. The SMILES string of the molecule is Cc1cc(=O)c2c(NCC(O)C(=O)CCCO)ncc(Cl)c2n1-c1c(Cl)cccc1Cl. The molecule has 0 aliphatic heterocycles. The Balaban J connectivity index is 2.12. The van der Waals surface area contributed by atoms with Gasteiger partial charge in [0.15, 0.2) is 11.2 Å². The molecule has 0 spiro atoms. The topological polar surface area (TPSA) is 104 Å². The lowest BCUT2D eigenvalue weighted by atomic mass is 10.1. The van der Waals surface area contributed by atoms with Crippen molar-refractivity contribution in [3.05, 3.63) is 61.4 Å². The van der Waals surface area contributed by atoms with Gasteiger partial charge in [0, 0.05) is 31.3 Å². The van der Waals surface area contributed by atoms with E-state index in [0.29, 0.717) is 26.9 Å². The molecule has 0 aliphatic rings. The normalized spacial score (nSPS) is 12.2. The van der Waals surface area contributed by atoms with Crippen molar-refractivity contribution < 1.29 is 15.0 Å². The third kappa shape index (κ3) is 4.86. The fraction of sp³-hybridized carbons (Fsp3) is 0.286. The molecule has 3 rings (SSSR count). The number of aryl methyl sites for hydroxylation is 1. The van der Waals surface area contributed by atoms with Gasteiger partial charge in [-0.1, -0.05) is 40.9 Å². The van der Waals surface area contributed by atoms with Crippen LogP contribution >= 0.6 is 34.8 Å². The van der Waals surface area contributed by atoms with Gasteiger partial charge in [-0.05, 0) is 25.5 Å². The highest BCUT2D eigenvalue weighted by molar-refractivity contribution is 6.38. The van der Waals surface area contributed by atoms with E-state index >= 15 is 0 Å². The molecule has 31 heavy (non-hydrogen) atoms. The number of hydrogen-bond acceptors (Lipinski definition) is 6. The summed E-state index contributed by atoms with van der Waals surface area (Å²) in [5.41, 5.74) is 1.03. The van der Waals surface area contributed by atoms with Gasteiger partial charge in [-0.2, -0.15) is 0 Å². The minimum Gasteiger partial charge on any atom is -0.396 e. The molecular formula is C21H20Cl3N3O4. The number of aliphatic hydroxyl groups excluding tert-OH is 2. The number of Topliss-reactive ketones (excluding diaryl/α,β-unsaturated/α-hetero) is 1. The fourth-order valence-electron chi connectivity index (χ4n) is 3.29. The summed E-state index contributed by atoms with van der Waals surface area (Å²) in [4.78, 5) is 29.0. The lowest BCUT2D eigenvalue weighted by Gasteiger charge is -2.20. The molecule has 1 unspecified atom stereocenters. The second kappa shape index (κ2) is 9.97. The summed E-state index contributed by atoms with van der Waals surface area (Å²) < 4.78 is 1.68. The summed E-state index contributed by atoms with van der Waals surface area (Å²) in [6, 6.07) is 6.47. The third-order valence-corrected chi connectivity index (χ3v) is 5.63. The molecule has 0 amide bonds. The predicted octanol–water partition coefficient (Wildman–Crippen LogP) is 3.77. The van der Waals surface area contributed by atoms with Crippen molar-refractivity contribution >= 4 is 57.3 Å². The highest BCUT2D eigenvalue weighted by Crippen LogP contribution is 2.35. The molecule has 10 heteroatoms. The van der Waals surface area contributed by atoms with Crippen molar-refractivity contribution in [1.82, 2.24) is 9.55 Å². The summed E-state index contributed by atoms with van der Waals surface area (Å²) in [7, 11) is 0. The Hall–Kier alpha value is -2.16. The Morgan fingerprint density at radius 3 is 2.55 bits per heavy atom. The Bertz CT molecular complexity index is 1180. The first-order valence-electron chi connectivity index (χ1n) is 9.47. The number of hydrogen-bond donors (Lipinski definition) is 3. The maximum atomic E-state index is 12.9. The number of pyridine rings is 2. The molecule has 2 heterocycles. The zero-order chi connectivity index (χ0) is 22.7. The van der Waals surface area contributed by atoms with Gasteiger partial charge < -0.3 is 20.1 Å². The van der Waals surface area contributed by atoms with E-state index in [-0.39, 0.29) is 47.6 Å². The zero-order valence-corrected chi connectivity index (χ0v) is 18.8. The average molecular weight is 485 g/mol. The van der Waals surface area contributed by atoms with E-state index in [0.717, 1.165) is 0 Å². The van der Waals surface area contributed by atoms with Crippen molar-refractivity contribution in [3.8, 4) is 5.69 Å². The van der Waals surface area contributed by atoms with Gasteiger partial charge in [-0.3, -0.25) is 9.59 Å². The van der Waals surface area contributed by atoms with E-state index in [1.807, 2.05) is 0 Å². The molecule has 0 saturated carbocycles. The Labute approximate surface area is 193 Å². The highest BCUT2D eigenvalue weighted by atomic mass is 35.5. The van der Waals surface area contributed by atoms with E-state index < -0.39 is 11.9 Å². The quantitative estimate of drug-likeness (QED) is 0.450. The number of halogens is 3. The number of rotatable bonds is 8. The molecular weight excluding hydrogens is 465 g/mol. The van der Waals surface area contributed by atoms with Crippen LogP contribution in [0, 0.1) is 6.92 Å². The molecule has 3 N–H and O–H groups in total. The van der Waals surface area contributed by atoms with Crippen LogP contribution < -0.4 is 10.7 Å². The second-order valence-electron chi connectivity index (χ2n) is 6.92. The number of anilines is 1. The van der Waals surface area contributed by atoms with Gasteiger partial charge in [-0.15, -0.1) is 0 Å². The zero-order valence-electron chi connectivity index (χ0n) is 16.5. The van der Waals surface area contributed by atoms with Gasteiger partial charge in [0.2, 0.25) is 0 Å². The maximum Gasteiger partial charge on any atom is 0.193 e. The Morgan fingerprint density at radius 1 is 1.23 bits per heavy atom. The van der Waals surface area contributed by atoms with Crippen molar-refractivity contribution in [2.45, 2.75) is 25.9 Å². The number of carbonyl (C=O) groups excluding carboxylic acids is 1. The van der Waals surface area contributed by atoms with Crippen LogP contribution in [0.1, 0.15) is 18.5 Å². The molecule has 3 aromatic rings. The van der Waals surface area contributed by atoms with E-state index in [4.69, 9.17) is 39.9 Å². The van der Waals surface area contributed by atoms with Crippen LogP contribution in [0.15, 0.2) is 35.3 Å². The summed E-state index contributed by atoms with van der Waals surface area (Å²) in [6.07, 6.45) is 0.364. The Kier molecular flexibility index (Phi) is 7.56. The first-order valence-corrected chi connectivity index (χ1v) is 10.6. The van der Waals surface area contributed by atoms with Gasteiger partial charge in [0.25, 0.3) is 0 Å². The van der Waals surface area contributed by atoms with Crippen molar-refractivity contribution in [1.29, 1.82) is 0 Å². The maximum absolute atomic E-state index is 12.9. The molecule has 1 atom stereocenters. The average Bonchev–Trinajstić information content (AvgIpc) is 2.73. The van der Waals surface area contributed by atoms with Gasteiger partial charge in [-0.25, -0.2) is 4.98 Å². The first kappa shape index (κ1) is 23.5. The molecule has 0 saturated heterocycles. The number of carbonyl (C=O) groups is 1. The number of aliphatic hydroxyl groups is 2. The van der Waals surface area contributed by atoms with E-state index in [1.165, 1.54) is 12.3 Å². The van der Waals surface area contributed by atoms with E-state index in [1.54, 1.807) is 29.7 Å². The first-order chi connectivity index (χ1) is 14.8. The minimum absolute atomic E-state index is 0.0468. The predicted molar refractivity (Wildman–Crippen MR) is 123 cm³/mol.